The molecular formula is C20H28N2O7. The van der Waals surface area contributed by atoms with Crippen molar-refractivity contribution in [2.24, 2.45) is 0 Å². The smallest absolute Gasteiger partial charge is 0.344 e. The van der Waals surface area contributed by atoms with Crippen molar-refractivity contribution in [3.8, 4) is 5.75 Å². The maximum Gasteiger partial charge on any atom is 0.344 e. The van der Waals surface area contributed by atoms with E-state index in [1.807, 2.05) is 0 Å². The maximum absolute atomic E-state index is 12.5. The van der Waals surface area contributed by atoms with E-state index in [9.17, 15) is 19.6 Å². The molecule has 1 amide bonds. The number of ketones is 1. The Hall–Kier alpha value is -2.49. The Kier molecular flexibility index (Phi) is 9.04. The molecule has 2 N–H and O–H groups in total. The molecule has 9 heteroatoms. The van der Waals surface area contributed by atoms with E-state index in [0.717, 1.165) is 0 Å². The molecule has 0 bridgehead atoms. The van der Waals surface area contributed by atoms with Crippen molar-refractivity contribution >= 4 is 17.7 Å². The zero-order valence-electron chi connectivity index (χ0n) is 16.8. The minimum atomic E-state index is -0.711. The number of hydrogen-bond acceptors (Lipinski definition) is 8. The monoisotopic (exact) mass is 408 g/mol. The van der Waals surface area contributed by atoms with Crippen molar-refractivity contribution in [3.05, 3.63) is 29.8 Å². The lowest BCUT2D eigenvalue weighted by atomic mass is 10.1. The van der Waals surface area contributed by atoms with Crippen LogP contribution in [0.5, 0.6) is 5.75 Å². The molecule has 0 radical (unpaired) electrons. The Labute approximate surface area is 169 Å². The van der Waals surface area contributed by atoms with Gasteiger partial charge in [0.2, 0.25) is 5.91 Å². The van der Waals surface area contributed by atoms with Crippen LogP contribution in [0, 0.1) is 0 Å². The van der Waals surface area contributed by atoms with Crippen LogP contribution in [0.2, 0.25) is 0 Å². The molecule has 1 aromatic carbocycles. The van der Waals surface area contributed by atoms with Gasteiger partial charge in [0.1, 0.15) is 12.4 Å². The van der Waals surface area contributed by atoms with Crippen LogP contribution in [0.3, 0.4) is 0 Å². The summed E-state index contributed by atoms with van der Waals surface area (Å²) in [5.74, 6) is -0.641. The van der Waals surface area contributed by atoms with Crippen LogP contribution in [0.15, 0.2) is 24.3 Å². The molecule has 1 atom stereocenters. The number of carbonyl (C=O) groups is 3. The number of piperidine rings is 1. The molecule has 1 heterocycles. The zero-order chi connectivity index (χ0) is 21.2. The topological polar surface area (TPSA) is 114 Å². The summed E-state index contributed by atoms with van der Waals surface area (Å²) in [4.78, 5) is 35.8. The van der Waals surface area contributed by atoms with Gasteiger partial charge in [0.05, 0.1) is 18.8 Å². The average molecular weight is 408 g/mol. The number of nitrogens with zero attached hydrogens (tertiary/aromatic N) is 1. The molecule has 1 aromatic rings. The van der Waals surface area contributed by atoms with E-state index in [1.165, 1.54) is 5.06 Å². The molecule has 9 nitrogen and oxygen atoms in total. The van der Waals surface area contributed by atoms with Gasteiger partial charge >= 0.3 is 5.97 Å². The first kappa shape index (κ1) is 22.8. The first-order valence-corrected chi connectivity index (χ1v) is 9.66. The fourth-order valence-corrected chi connectivity index (χ4v) is 2.86. The van der Waals surface area contributed by atoms with Crippen LogP contribution in [-0.4, -0.2) is 73.0 Å². The van der Waals surface area contributed by atoms with E-state index in [0.29, 0.717) is 37.2 Å². The van der Waals surface area contributed by atoms with Gasteiger partial charge < -0.3 is 24.7 Å². The maximum atomic E-state index is 12.5. The standard InChI is InChI=1S/C20H28N2O7/c1-3-27-19(24)13-29-16-6-4-15(5-7-16)20(25)14(2)21-18(23)12-28-17-8-10-22(26)11-9-17/h4-7,14,17,26H,3,8-13H2,1-2H3,(H,21,23)/t14-/m0/s1. The molecule has 0 spiro atoms. The highest BCUT2D eigenvalue weighted by molar-refractivity contribution is 6.01. The number of esters is 1. The number of ether oxygens (including phenoxy) is 3. The van der Waals surface area contributed by atoms with Gasteiger partial charge in [-0.25, -0.2) is 4.79 Å². The summed E-state index contributed by atoms with van der Waals surface area (Å²) in [5.41, 5.74) is 0.414. The van der Waals surface area contributed by atoms with Crippen molar-refractivity contribution in [1.82, 2.24) is 10.4 Å². The van der Waals surface area contributed by atoms with Crippen molar-refractivity contribution in [3.63, 3.8) is 0 Å². The SMILES string of the molecule is CCOC(=O)COc1ccc(C(=O)[C@H](C)NC(=O)COC2CCN(O)CC2)cc1. The Morgan fingerprint density at radius 3 is 2.45 bits per heavy atom. The summed E-state index contributed by atoms with van der Waals surface area (Å²) < 4.78 is 15.6. The quantitative estimate of drug-likeness (QED) is 0.438. The summed E-state index contributed by atoms with van der Waals surface area (Å²) in [6.07, 6.45) is 1.24. The first-order chi connectivity index (χ1) is 13.9. The number of hydrogen-bond donors (Lipinski definition) is 2. The third-order valence-corrected chi connectivity index (χ3v) is 4.44. The fraction of sp³-hybridized carbons (Fsp3) is 0.550. The lowest BCUT2D eigenvalue weighted by Gasteiger charge is -2.27. The lowest BCUT2D eigenvalue weighted by Crippen LogP contribution is -2.42. The van der Waals surface area contributed by atoms with Gasteiger partial charge in [-0.3, -0.25) is 9.59 Å². The molecule has 1 saturated heterocycles. The Morgan fingerprint density at radius 2 is 1.83 bits per heavy atom. The van der Waals surface area contributed by atoms with Crippen molar-refractivity contribution in [2.45, 2.75) is 38.8 Å². The van der Waals surface area contributed by atoms with Gasteiger partial charge in [0, 0.05) is 18.7 Å². The third-order valence-electron chi connectivity index (χ3n) is 4.44. The van der Waals surface area contributed by atoms with Gasteiger partial charge in [0.25, 0.3) is 0 Å². The van der Waals surface area contributed by atoms with Crippen LogP contribution in [-0.2, 0) is 19.1 Å². The van der Waals surface area contributed by atoms with Crippen molar-refractivity contribution in [1.29, 1.82) is 0 Å². The van der Waals surface area contributed by atoms with Gasteiger partial charge in [-0.1, -0.05) is 0 Å². The van der Waals surface area contributed by atoms with Gasteiger partial charge in [-0.2, -0.15) is 5.06 Å². The summed E-state index contributed by atoms with van der Waals surface area (Å²) in [6.45, 7) is 4.30. The number of rotatable bonds is 10. The highest BCUT2D eigenvalue weighted by Crippen LogP contribution is 2.14. The predicted octanol–water partition coefficient (Wildman–Crippen LogP) is 1.19. The molecule has 0 saturated carbocycles. The number of carbonyl (C=O) groups excluding carboxylic acids is 3. The second-order valence-electron chi connectivity index (χ2n) is 6.74. The zero-order valence-corrected chi connectivity index (χ0v) is 16.8. The fourth-order valence-electron chi connectivity index (χ4n) is 2.86. The molecule has 0 aliphatic carbocycles. The summed E-state index contributed by atoms with van der Waals surface area (Å²) in [7, 11) is 0. The number of Topliss-reactive ketones (excluding diaryl/α,β-unsaturated/α-hetero) is 1. The normalized spacial score (nSPS) is 16.1. The number of nitrogens with one attached hydrogen (secondary N) is 1. The van der Waals surface area contributed by atoms with Crippen LogP contribution >= 0.6 is 0 Å². The Morgan fingerprint density at radius 1 is 1.17 bits per heavy atom. The predicted molar refractivity (Wildman–Crippen MR) is 103 cm³/mol. The second-order valence-corrected chi connectivity index (χ2v) is 6.74. The molecule has 1 aliphatic rings. The Bertz CT molecular complexity index is 685. The summed E-state index contributed by atoms with van der Waals surface area (Å²) in [5, 5.41) is 13.2. The van der Waals surface area contributed by atoms with Crippen LogP contribution in [0.25, 0.3) is 0 Å². The summed E-state index contributed by atoms with van der Waals surface area (Å²) in [6, 6.07) is 5.60. The van der Waals surface area contributed by atoms with Gasteiger partial charge in [-0.15, -0.1) is 0 Å². The molecule has 2 rings (SSSR count). The molecule has 0 unspecified atom stereocenters. The average Bonchev–Trinajstić information content (AvgIpc) is 2.72. The van der Waals surface area contributed by atoms with E-state index >= 15 is 0 Å². The minimum Gasteiger partial charge on any atom is -0.482 e. The van der Waals surface area contributed by atoms with E-state index in [-0.39, 0.29) is 37.6 Å². The molecule has 29 heavy (non-hydrogen) atoms. The third kappa shape index (κ3) is 7.80. The van der Waals surface area contributed by atoms with E-state index in [1.54, 1.807) is 38.1 Å². The highest BCUT2D eigenvalue weighted by Gasteiger charge is 2.21. The van der Waals surface area contributed by atoms with Gasteiger partial charge in [-0.05, 0) is 51.0 Å². The van der Waals surface area contributed by atoms with Crippen molar-refractivity contribution < 1.29 is 33.8 Å². The van der Waals surface area contributed by atoms with Crippen LogP contribution in [0.1, 0.15) is 37.0 Å². The van der Waals surface area contributed by atoms with Gasteiger partial charge in [0.15, 0.2) is 12.4 Å². The Balaban J connectivity index is 1.75. The van der Waals surface area contributed by atoms with Crippen molar-refractivity contribution in [2.75, 3.05) is 32.9 Å². The molecule has 1 fully saturated rings. The van der Waals surface area contributed by atoms with E-state index < -0.39 is 12.0 Å². The lowest BCUT2D eigenvalue weighted by molar-refractivity contribution is -0.145. The number of benzene rings is 1. The number of amides is 1. The summed E-state index contributed by atoms with van der Waals surface area (Å²) >= 11 is 0. The first-order valence-electron chi connectivity index (χ1n) is 9.66. The molecule has 1 aliphatic heterocycles. The van der Waals surface area contributed by atoms with Crippen LogP contribution < -0.4 is 10.1 Å². The largest absolute Gasteiger partial charge is 0.482 e. The highest BCUT2D eigenvalue weighted by atomic mass is 16.6. The van der Waals surface area contributed by atoms with E-state index in [4.69, 9.17) is 14.2 Å². The molecule has 160 valence electrons. The van der Waals surface area contributed by atoms with E-state index in [2.05, 4.69) is 5.32 Å². The second kappa shape index (κ2) is 11.5. The minimum absolute atomic E-state index is 0.0719. The molecule has 0 aromatic heterocycles. The number of hydroxylamine groups is 2. The molecular weight excluding hydrogens is 380 g/mol. The van der Waals surface area contributed by atoms with Crippen LogP contribution in [0.4, 0.5) is 0 Å².